The molecule has 5 rings (SSSR count). The van der Waals surface area contributed by atoms with Gasteiger partial charge in [0.05, 0.1) is 29.5 Å². The molecule has 194 valence electrons. The highest BCUT2D eigenvalue weighted by molar-refractivity contribution is 6.16. The molecule has 1 aliphatic heterocycles. The van der Waals surface area contributed by atoms with Crippen LogP contribution in [0.15, 0.2) is 136 Å². The van der Waals surface area contributed by atoms with Gasteiger partial charge in [0, 0.05) is 16.7 Å². The SMILES string of the molecule is C\C1=N/N=C\C=N\N=C(\c2ccccc2)C(O)(c2ccccc2)Nc2ccccc2NC1(O)c1ccccc1. The molecule has 0 saturated heterocycles. The van der Waals surface area contributed by atoms with Crippen molar-refractivity contribution in [2.24, 2.45) is 20.4 Å². The van der Waals surface area contributed by atoms with Gasteiger partial charge >= 0.3 is 0 Å². The quantitative estimate of drug-likeness (QED) is 0.302. The van der Waals surface area contributed by atoms with Gasteiger partial charge in [-0.3, -0.25) is 0 Å². The monoisotopic (exact) mass is 516 g/mol. The lowest BCUT2D eigenvalue weighted by molar-refractivity contribution is 0.139. The van der Waals surface area contributed by atoms with Crippen molar-refractivity contribution in [3.05, 3.63) is 132 Å². The van der Waals surface area contributed by atoms with Gasteiger partial charge < -0.3 is 20.8 Å². The molecular weight excluding hydrogens is 488 g/mol. The lowest BCUT2D eigenvalue weighted by Gasteiger charge is -2.35. The van der Waals surface area contributed by atoms with E-state index in [0.29, 0.717) is 33.8 Å². The lowest BCUT2D eigenvalue weighted by Crippen LogP contribution is -2.45. The first-order valence-corrected chi connectivity index (χ1v) is 12.5. The molecule has 8 heteroatoms. The molecule has 0 radical (unpaired) electrons. The Morgan fingerprint density at radius 3 is 1.54 bits per heavy atom. The van der Waals surface area contributed by atoms with Crippen LogP contribution in [0, 0.1) is 0 Å². The van der Waals surface area contributed by atoms with Crippen LogP contribution >= 0.6 is 0 Å². The van der Waals surface area contributed by atoms with Crippen molar-refractivity contribution in [2.75, 3.05) is 10.6 Å². The van der Waals surface area contributed by atoms with E-state index in [1.54, 1.807) is 19.1 Å². The number of benzene rings is 4. The molecule has 0 aliphatic carbocycles. The summed E-state index contributed by atoms with van der Waals surface area (Å²) in [7, 11) is 0. The largest absolute Gasteiger partial charge is 0.362 e. The first-order valence-electron chi connectivity index (χ1n) is 12.5. The highest BCUT2D eigenvalue weighted by atomic mass is 16.3. The highest BCUT2D eigenvalue weighted by Gasteiger charge is 2.39. The van der Waals surface area contributed by atoms with Gasteiger partial charge in [-0.05, 0) is 19.1 Å². The van der Waals surface area contributed by atoms with E-state index >= 15 is 0 Å². The zero-order valence-corrected chi connectivity index (χ0v) is 21.3. The standard InChI is InChI=1S/C31H28N6O2/c1-23-30(38,25-15-7-3-8-16-25)34-27-19-11-12-20-28(27)35-31(39,26-17-9-4-10-18-26)29(24-13-5-2-6-14-24)37-33-22-21-32-36-23/h2-22,34-35,38-39H,1H3/b32-21-,33-22+,36-23+,37-29-. The van der Waals surface area contributed by atoms with E-state index in [9.17, 15) is 10.2 Å². The zero-order chi connectivity index (χ0) is 27.1. The van der Waals surface area contributed by atoms with Crippen LogP contribution in [0.5, 0.6) is 0 Å². The van der Waals surface area contributed by atoms with Crippen LogP contribution in [0.3, 0.4) is 0 Å². The molecule has 2 atom stereocenters. The van der Waals surface area contributed by atoms with E-state index in [2.05, 4.69) is 31.0 Å². The smallest absolute Gasteiger partial charge is 0.208 e. The molecule has 0 spiro atoms. The van der Waals surface area contributed by atoms with Crippen LogP contribution in [0.4, 0.5) is 11.4 Å². The number of rotatable bonds is 3. The van der Waals surface area contributed by atoms with Gasteiger partial charge in [-0.15, -0.1) is 5.10 Å². The van der Waals surface area contributed by atoms with Crippen molar-refractivity contribution in [1.29, 1.82) is 0 Å². The summed E-state index contributed by atoms with van der Waals surface area (Å²) in [6, 6.07) is 35.0. The molecule has 4 N–H and O–H groups in total. The molecule has 0 fully saturated rings. The molecular formula is C31H28N6O2. The van der Waals surface area contributed by atoms with E-state index in [-0.39, 0.29) is 5.71 Å². The van der Waals surface area contributed by atoms with E-state index in [1.165, 1.54) is 12.4 Å². The van der Waals surface area contributed by atoms with Crippen LogP contribution in [0.2, 0.25) is 0 Å². The fourth-order valence-electron chi connectivity index (χ4n) is 4.37. The van der Waals surface area contributed by atoms with Crippen molar-refractivity contribution in [2.45, 2.75) is 18.4 Å². The van der Waals surface area contributed by atoms with Crippen molar-refractivity contribution in [3.8, 4) is 0 Å². The van der Waals surface area contributed by atoms with E-state index in [1.807, 2.05) is 103 Å². The van der Waals surface area contributed by atoms with Gasteiger partial charge in [-0.25, -0.2) is 0 Å². The second-order valence-corrected chi connectivity index (χ2v) is 8.98. The first-order chi connectivity index (χ1) is 19.0. The summed E-state index contributed by atoms with van der Waals surface area (Å²) in [6.07, 6.45) is 2.75. The summed E-state index contributed by atoms with van der Waals surface area (Å²) in [6.45, 7) is 1.68. The number of aliphatic hydroxyl groups is 2. The average Bonchev–Trinajstić information content (AvgIpc) is 2.98. The summed E-state index contributed by atoms with van der Waals surface area (Å²) >= 11 is 0. The van der Waals surface area contributed by atoms with Crippen LogP contribution < -0.4 is 10.6 Å². The third-order valence-corrected chi connectivity index (χ3v) is 6.42. The topological polar surface area (TPSA) is 114 Å². The second-order valence-electron chi connectivity index (χ2n) is 8.98. The molecule has 4 aromatic rings. The van der Waals surface area contributed by atoms with Crippen molar-refractivity contribution in [3.63, 3.8) is 0 Å². The van der Waals surface area contributed by atoms with Crippen molar-refractivity contribution >= 4 is 35.2 Å². The minimum atomic E-state index is -1.81. The fraction of sp³-hybridized carbons (Fsp3) is 0.0968. The number of hydrogen-bond acceptors (Lipinski definition) is 8. The van der Waals surface area contributed by atoms with Crippen LogP contribution in [0.25, 0.3) is 0 Å². The Balaban J connectivity index is 1.73. The van der Waals surface area contributed by atoms with E-state index < -0.39 is 11.4 Å². The molecule has 1 heterocycles. The summed E-state index contributed by atoms with van der Waals surface area (Å²) in [5, 5.41) is 47.9. The van der Waals surface area contributed by atoms with Gasteiger partial charge in [-0.1, -0.05) is 103 Å². The van der Waals surface area contributed by atoms with E-state index in [0.717, 1.165) is 0 Å². The Morgan fingerprint density at radius 1 is 0.538 bits per heavy atom. The Kier molecular flexibility index (Phi) is 7.40. The van der Waals surface area contributed by atoms with Crippen molar-refractivity contribution in [1.82, 2.24) is 0 Å². The maximum absolute atomic E-state index is 12.4. The Labute approximate surface area is 226 Å². The molecule has 4 aromatic carbocycles. The number of nitrogens with zero attached hydrogens (tertiary/aromatic N) is 4. The van der Waals surface area contributed by atoms with Gasteiger partial charge in [-0.2, -0.15) is 15.3 Å². The van der Waals surface area contributed by atoms with Gasteiger partial charge in [0.2, 0.25) is 11.4 Å². The minimum Gasteiger partial charge on any atom is -0.362 e. The van der Waals surface area contributed by atoms with Crippen molar-refractivity contribution < 1.29 is 10.2 Å². The Morgan fingerprint density at radius 2 is 0.974 bits per heavy atom. The minimum absolute atomic E-state index is 0.267. The molecule has 2 unspecified atom stereocenters. The Bertz CT molecular complexity index is 1540. The van der Waals surface area contributed by atoms with Gasteiger partial charge in [0.1, 0.15) is 5.71 Å². The summed E-state index contributed by atoms with van der Waals surface area (Å²) in [5.41, 5.74) is -0.134. The average molecular weight is 517 g/mol. The van der Waals surface area contributed by atoms with Crippen LogP contribution in [-0.2, 0) is 11.4 Å². The fourth-order valence-corrected chi connectivity index (χ4v) is 4.37. The molecule has 0 bridgehead atoms. The molecule has 39 heavy (non-hydrogen) atoms. The summed E-state index contributed by atoms with van der Waals surface area (Å²) in [5.74, 6) is 0. The number of fused-ring (bicyclic) bond motifs is 1. The number of hydrogen-bond donors (Lipinski definition) is 4. The number of nitrogens with one attached hydrogen (secondary N) is 2. The number of anilines is 2. The molecule has 1 aliphatic rings. The third kappa shape index (κ3) is 5.38. The second kappa shape index (κ2) is 11.2. The summed E-state index contributed by atoms with van der Waals surface area (Å²) < 4.78 is 0. The maximum Gasteiger partial charge on any atom is 0.208 e. The first kappa shape index (κ1) is 25.7. The normalized spacial score (nSPS) is 25.7. The van der Waals surface area contributed by atoms with Gasteiger partial charge in [0.15, 0.2) is 0 Å². The van der Waals surface area contributed by atoms with E-state index in [4.69, 9.17) is 0 Å². The molecule has 8 nitrogen and oxygen atoms in total. The predicted octanol–water partition coefficient (Wildman–Crippen LogP) is 5.14. The molecule has 0 saturated carbocycles. The highest BCUT2D eigenvalue weighted by Crippen LogP contribution is 2.35. The summed E-state index contributed by atoms with van der Waals surface area (Å²) in [4.78, 5) is 0. The number of para-hydroxylation sites is 2. The molecule has 0 amide bonds. The maximum atomic E-state index is 12.4. The lowest BCUT2D eigenvalue weighted by atomic mass is 9.92. The van der Waals surface area contributed by atoms with Gasteiger partial charge in [0.25, 0.3) is 0 Å². The van der Waals surface area contributed by atoms with Crippen LogP contribution in [0.1, 0.15) is 23.6 Å². The van der Waals surface area contributed by atoms with Crippen LogP contribution in [-0.4, -0.2) is 34.1 Å². The Hall–Kier alpha value is -4.92. The zero-order valence-electron chi connectivity index (χ0n) is 21.3. The molecule has 0 aromatic heterocycles. The third-order valence-electron chi connectivity index (χ3n) is 6.42. The predicted molar refractivity (Wildman–Crippen MR) is 157 cm³/mol.